The summed E-state index contributed by atoms with van der Waals surface area (Å²) >= 11 is 1.54. The Morgan fingerprint density at radius 1 is 1.19 bits per heavy atom. The van der Waals surface area contributed by atoms with Gasteiger partial charge in [-0.2, -0.15) is 0 Å². The molecule has 2 heterocycles. The first kappa shape index (κ1) is 19.5. The van der Waals surface area contributed by atoms with Gasteiger partial charge in [-0.25, -0.2) is 4.98 Å². The molecule has 0 saturated carbocycles. The molecule has 0 aliphatic carbocycles. The maximum Gasteiger partial charge on any atom is 0.233 e. The van der Waals surface area contributed by atoms with Crippen molar-refractivity contribution in [2.24, 2.45) is 0 Å². The summed E-state index contributed by atoms with van der Waals surface area (Å²) in [6, 6.07) is 11.9. The van der Waals surface area contributed by atoms with Crippen LogP contribution < -0.4 is 15.0 Å². The standard InChI is InChI=1S/C21H27N3O2S/c1-16(27-19-9-7-18(26-2)8-10-19)21(25)23-15-17-6-11-20(22-14-17)24-12-4-3-5-13-24/h6-11,14,16H,3-5,12-13,15H2,1-2H3,(H,23,25). The number of hydrogen-bond acceptors (Lipinski definition) is 5. The average molecular weight is 386 g/mol. The van der Waals surface area contributed by atoms with Crippen molar-refractivity contribution in [3.05, 3.63) is 48.2 Å². The zero-order valence-corrected chi connectivity index (χ0v) is 16.8. The van der Waals surface area contributed by atoms with Crippen LogP contribution in [-0.4, -0.2) is 36.3 Å². The number of amides is 1. The zero-order valence-electron chi connectivity index (χ0n) is 16.0. The fraction of sp³-hybridized carbons (Fsp3) is 0.429. The topological polar surface area (TPSA) is 54.5 Å². The van der Waals surface area contributed by atoms with Gasteiger partial charge in [-0.15, -0.1) is 11.8 Å². The molecular formula is C21H27N3O2S. The van der Waals surface area contributed by atoms with Crippen LogP contribution in [0.2, 0.25) is 0 Å². The predicted octanol–water partition coefficient (Wildman–Crippen LogP) is 3.88. The van der Waals surface area contributed by atoms with E-state index in [1.54, 1.807) is 7.11 Å². The van der Waals surface area contributed by atoms with Gasteiger partial charge in [-0.05, 0) is 62.1 Å². The Hall–Kier alpha value is -2.21. The number of nitrogens with zero attached hydrogens (tertiary/aromatic N) is 2. The largest absolute Gasteiger partial charge is 0.497 e. The highest BCUT2D eigenvalue weighted by Crippen LogP contribution is 2.25. The van der Waals surface area contributed by atoms with Crippen LogP contribution in [-0.2, 0) is 11.3 Å². The lowest BCUT2D eigenvalue weighted by atomic mass is 10.1. The lowest BCUT2D eigenvalue weighted by Crippen LogP contribution is -2.31. The molecule has 6 heteroatoms. The molecule has 1 aromatic carbocycles. The normalized spacial score (nSPS) is 15.3. The Labute approximate surface area is 165 Å². The first-order chi connectivity index (χ1) is 13.2. The van der Waals surface area contributed by atoms with E-state index in [1.165, 1.54) is 31.0 Å². The van der Waals surface area contributed by atoms with E-state index in [-0.39, 0.29) is 11.2 Å². The Kier molecular flexibility index (Phi) is 6.98. The van der Waals surface area contributed by atoms with Gasteiger partial charge >= 0.3 is 0 Å². The number of carbonyl (C=O) groups is 1. The van der Waals surface area contributed by atoms with Crippen LogP contribution in [0.15, 0.2) is 47.5 Å². The van der Waals surface area contributed by atoms with Gasteiger partial charge in [-0.1, -0.05) is 6.07 Å². The van der Waals surface area contributed by atoms with E-state index in [0.29, 0.717) is 6.54 Å². The number of rotatable bonds is 7. The van der Waals surface area contributed by atoms with Crippen molar-refractivity contribution in [3.63, 3.8) is 0 Å². The molecule has 1 amide bonds. The SMILES string of the molecule is COc1ccc(SC(C)C(=O)NCc2ccc(N3CCCCC3)nc2)cc1. The van der Waals surface area contributed by atoms with Crippen LogP contribution in [0, 0.1) is 0 Å². The van der Waals surface area contributed by atoms with Crippen molar-refractivity contribution in [3.8, 4) is 5.75 Å². The van der Waals surface area contributed by atoms with Crippen molar-refractivity contribution < 1.29 is 9.53 Å². The highest BCUT2D eigenvalue weighted by atomic mass is 32.2. The van der Waals surface area contributed by atoms with Crippen molar-refractivity contribution >= 4 is 23.5 Å². The van der Waals surface area contributed by atoms with E-state index < -0.39 is 0 Å². The molecule has 5 nitrogen and oxygen atoms in total. The summed E-state index contributed by atoms with van der Waals surface area (Å²) in [4.78, 5) is 20.3. The third kappa shape index (κ3) is 5.63. The van der Waals surface area contributed by atoms with Gasteiger partial charge in [0.25, 0.3) is 0 Å². The summed E-state index contributed by atoms with van der Waals surface area (Å²) in [6.07, 6.45) is 5.66. The minimum atomic E-state index is -0.168. The maximum absolute atomic E-state index is 12.4. The van der Waals surface area contributed by atoms with Crippen molar-refractivity contribution in [2.45, 2.75) is 42.9 Å². The van der Waals surface area contributed by atoms with Crippen LogP contribution in [0.25, 0.3) is 0 Å². The molecule has 27 heavy (non-hydrogen) atoms. The quantitative estimate of drug-likeness (QED) is 0.733. The van der Waals surface area contributed by atoms with Gasteiger partial charge in [0.2, 0.25) is 5.91 Å². The van der Waals surface area contributed by atoms with Crippen LogP contribution in [0.3, 0.4) is 0 Å². The molecule has 1 N–H and O–H groups in total. The predicted molar refractivity (Wildman–Crippen MR) is 110 cm³/mol. The summed E-state index contributed by atoms with van der Waals surface area (Å²) in [5.41, 5.74) is 1.02. The second kappa shape index (κ2) is 9.65. The molecule has 3 rings (SSSR count). The second-order valence-electron chi connectivity index (χ2n) is 6.73. The molecule has 1 unspecified atom stereocenters. The van der Waals surface area contributed by atoms with Crippen molar-refractivity contribution in [2.75, 3.05) is 25.1 Å². The van der Waals surface area contributed by atoms with Crippen LogP contribution in [0.4, 0.5) is 5.82 Å². The van der Waals surface area contributed by atoms with Gasteiger partial charge in [0.05, 0.1) is 12.4 Å². The van der Waals surface area contributed by atoms with Gasteiger partial charge in [0, 0.05) is 30.7 Å². The van der Waals surface area contributed by atoms with Crippen LogP contribution >= 0.6 is 11.8 Å². The van der Waals surface area contributed by atoms with Crippen LogP contribution in [0.5, 0.6) is 5.75 Å². The number of aromatic nitrogens is 1. The molecule has 0 radical (unpaired) electrons. The number of methoxy groups -OCH3 is 1. The van der Waals surface area contributed by atoms with Crippen LogP contribution in [0.1, 0.15) is 31.7 Å². The molecule has 1 aliphatic rings. The fourth-order valence-electron chi connectivity index (χ4n) is 3.08. The number of ether oxygens (including phenoxy) is 1. The number of anilines is 1. The molecule has 144 valence electrons. The first-order valence-corrected chi connectivity index (χ1v) is 10.3. The number of nitrogens with one attached hydrogen (secondary N) is 1. The van der Waals surface area contributed by atoms with Gasteiger partial charge < -0.3 is 15.0 Å². The first-order valence-electron chi connectivity index (χ1n) is 9.44. The number of hydrogen-bond donors (Lipinski definition) is 1. The minimum Gasteiger partial charge on any atom is -0.497 e. The van der Waals surface area contributed by atoms with E-state index in [4.69, 9.17) is 4.74 Å². The third-order valence-electron chi connectivity index (χ3n) is 4.70. The van der Waals surface area contributed by atoms with E-state index in [0.717, 1.165) is 35.1 Å². The van der Waals surface area contributed by atoms with E-state index >= 15 is 0 Å². The lowest BCUT2D eigenvalue weighted by molar-refractivity contribution is -0.120. The average Bonchev–Trinajstić information content (AvgIpc) is 2.73. The summed E-state index contributed by atoms with van der Waals surface area (Å²) in [7, 11) is 1.64. The number of benzene rings is 1. The molecule has 0 bridgehead atoms. The lowest BCUT2D eigenvalue weighted by Gasteiger charge is -2.27. The molecular weight excluding hydrogens is 358 g/mol. The maximum atomic E-state index is 12.4. The minimum absolute atomic E-state index is 0.0240. The molecule has 0 spiro atoms. The molecule has 1 saturated heterocycles. The smallest absolute Gasteiger partial charge is 0.233 e. The van der Waals surface area contributed by atoms with Gasteiger partial charge in [-0.3, -0.25) is 4.79 Å². The van der Waals surface area contributed by atoms with E-state index in [1.807, 2.05) is 37.4 Å². The molecule has 1 atom stereocenters. The number of carbonyl (C=O) groups excluding carboxylic acids is 1. The van der Waals surface area contributed by atoms with E-state index in [2.05, 4.69) is 27.3 Å². The zero-order chi connectivity index (χ0) is 19.1. The molecule has 1 fully saturated rings. The Balaban J connectivity index is 1.47. The summed E-state index contributed by atoms with van der Waals surface area (Å²) in [5, 5.41) is 2.83. The highest BCUT2D eigenvalue weighted by Gasteiger charge is 2.15. The second-order valence-corrected chi connectivity index (χ2v) is 8.14. The number of piperidine rings is 1. The molecule has 1 aliphatic heterocycles. The van der Waals surface area contributed by atoms with Crippen molar-refractivity contribution in [1.82, 2.24) is 10.3 Å². The summed E-state index contributed by atoms with van der Waals surface area (Å²) in [5.74, 6) is 1.88. The summed E-state index contributed by atoms with van der Waals surface area (Å²) < 4.78 is 5.16. The number of pyridine rings is 1. The molecule has 1 aromatic heterocycles. The molecule has 2 aromatic rings. The van der Waals surface area contributed by atoms with Crippen molar-refractivity contribution in [1.29, 1.82) is 0 Å². The Bertz CT molecular complexity index is 728. The van der Waals surface area contributed by atoms with Gasteiger partial charge in [0.1, 0.15) is 11.6 Å². The highest BCUT2D eigenvalue weighted by molar-refractivity contribution is 8.00. The third-order valence-corrected chi connectivity index (χ3v) is 5.81. The summed E-state index contributed by atoms with van der Waals surface area (Å²) in [6.45, 7) is 4.59. The Morgan fingerprint density at radius 3 is 2.56 bits per heavy atom. The fourth-order valence-corrected chi connectivity index (χ4v) is 3.97. The van der Waals surface area contributed by atoms with E-state index in [9.17, 15) is 4.79 Å². The van der Waals surface area contributed by atoms with Gasteiger partial charge in [0.15, 0.2) is 0 Å². The number of thioether (sulfide) groups is 1. The monoisotopic (exact) mass is 385 g/mol. The Morgan fingerprint density at radius 2 is 1.93 bits per heavy atom.